The summed E-state index contributed by atoms with van der Waals surface area (Å²) in [4.78, 5) is 63.6. The van der Waals surface area contributed by atoms with Crippen molar-refractivity contribution >= 4 is 135 Å². The van der Waals surface area contributed by atoms with Crippen LogP contribution in [0.3, 0.4) is 0 Å². The summed E-state index contributed by atoms with van der Waals surface area (Å²) in [6.07, 6.45) is 5.97. The molecular weight excluding hydrogens is 1120 g/mol. The molecule has 25 heteroatoms. The van der Waals surface area contributed by atoms with Gasteiger partial charge in [0.1, 0.15) is 22.6 Å². The monoisotopic (exact) mass is 1170 g/mol. The number of urea groups is 1. The molecule has 0 saturated carbocycles. The summed E-state index contributed by atoms with van der Waals surface area (Å²) in [5.41, 5.74) is 4.46. The van der Waals surface area contributed by atoms with Crippen molar-refractivity contribution in [3.8, 4) is 11.1 Å². The minimum Gasteiger partial charge on any atom is -0.352 e. The maximum atomic E-state index is 14.2. The van der Waals surface area contributed by atoms with Gasteiger partial charge in [0, 0.05) is 48.7 Å². The number of aromatic nitrogens is 1. The van der Waals surface area contributed by atoms with Crippen molar-refractivity contribution in [1.29, 1.82) is 0 Å². The molecule has 4 aromatic carbocycles. The second kappa shape index (κ2) is 24.4. The van der Waals surface area contributed by atoms with Crippen LogP contribution in [0.15, 0.2) is 112 Å². The van der Waals surface area contributed by atoms with E-state index < -0.39 is 62.0 Å². The van der Waals surface area contributed by atoms with Gasteiger partial charge in [-0.15, -0.1) is 0 Å². The number of nitrogens with zero attached hydrogens (tertiary/aromatic N) is 6. The molecule has 0 atom stereocenters. The number of ether oxygens (including phenoxy) is 1. The number of hydrogen-bond acceptors (Lipinski definition) is 14. The summed E-state index contributed by atoms with van der Waals surface area (Å²) < 4.78 is 74.8. The molecule has 402 valence electrons. The summed E-state index contributed by atoms with van der Waals surface area (Å²) in [5, 5.41) is 5.33. The van der Waals surface area contributed by atoms with Crippen LogP contribution in [0.2, 0.25) is 15.1 Å². The average Bonchev–Trinajstić information content (AvgIpc) is 3.99. The van der Waals surface area contributed by atoms with Gasteiger partial charge < -0.3 is 24.8 Å². The molecule has 4 heterocycles. The molecule has 0 spiro atoms. The van der Waals surface area contributed by atoms with Crippen LogP contribution in [0.4, 0.5) is 21.9 Å². The van der Waals surface area contributed by atoms with Gasteiger partial charge in [-0.05, 0) is 85.9 Å². The van der Waals surface area contributed by atoms with Gasteiger partial charge in [0.05, 0.1) is 56.3 Å². The molecule has 0 radical (unpaired) electrons. The first-order chi connectivity index (χ1) is 36.2. The first-order valence-electron chi connectivity index (χ1n) is 24.1. The number of barbiturate groups is 1. The second-order valence-corrected chi connectivity index (χ2v) is 24.2. The number of benzene rings is 4. The number of nitrogens with one attached hydrogen (secondary N) is 1. The van der Waals surface area contributed by atoms with Crippen LogP contribution in [-0.4, -0.2) is 117 Å². The third-order valence-electron chi connectivity index (χ3n) is 12.5. The Morgan fingerprint density at radius 2 is 1.39 bits per heavy atom. The van der Waals surface area contributed by atoms with E-state index in [1.165, 1.54) is 35.3 Å². The lowest BCUT2D eigenvalue weighted by Crippen LogP contribution is -2.58. The summed E-state index contributed by atoms with van der Waals surface area (Å²) in [5.74, 6) is -3.05. The van der Waals surface area contributed by atoms with Crippen molar-refractivity contribution in [2.75, 3.05) is 72.1 Å². The Morgan fingerprint density at radius 1 is 0.737 bits per heavy atom. The SMILES string of the molecule is CCCCN1C(=O)/C(=C/C=C2\N(CC)c3cc(Cl)c(Cl)cc3N2CCCS(=O)(=O)O)C(=O)N(CC(=O)NCCOC[n+]2c(C=C3Sc4ccc(Cl)cc4N3CCCS(=O)(=O)O)sc3ccc(-c4ccccc4)cc32)C1=O. The van der Waals surface area contributed by atoms with Crippen LogP contribution >= 0.6 is 57.9 Å². The summed E-state index contributed by atoms with van der Waals surface area (Å²) in [6.45, 7) is 3.79. The van der Waals surface area contributed by atoms with E-state index in [0.717, 1.165) is 51.8 Å². The lowest BCUT2D eigenvalue weighted by molar-refractivity contribution is -0.706. The van der Waals surface area contributed by atoms with Gasteiger partial charge in [-0.25, -0.2) is 9.69 Å². The Morgan fingerprint density at radius 3 is 2.07 bits per heavy atom. The number of carbonyl (C=O) groups excluding carboxylic acids is 4. The molecule has 3 aliphatic rings. The Bertz CT molecular complexity index is 3410. The number of thioether (sulfide) groups is 1. The maximum absolute atomic E-state index is 14.2. The van der Waals surface area contributed by atoms with E-state index in [9.17, 15) is 45.1 Å². The zero-order valence-electron chi connectivity index (χ0n) is 41.2. The fraction of sp³-hybridized carbons (Fsp3) is 0.314. The number of fused-ring (bicyclic) bond motifs is 3. The minimum atomic E-state index is -4.30. The van der Waals surface area contributed by atoms with Crippen molar-refractivity contribution in [2.24, 2.45) is 0 Å². The van der Waals surface area contributed by atoms with Gasteiger partial charge in [0.2, 0.25) is 11.4 Å². The average molecular weight is 1170 g/mol. The third kappa shape index (κ3) is 13.2. The van der Waals surface area contributed by atoms with Crippen molar-refractivity contribution < 1.29 is 54.4 Å². The molecule has 0 unspecified atom stereocenters. The van der Waals surface area contributed by atoms with E-state index in [1.807, 2.05) is 88.9 Å². The van der Waals surface area contributed by atoms with Gasteiger partial charge in [-0.3, -0.25) is 28.4 Å². The van der Waals surface area contributed by atoms with E-state index >= 15 is 0 Å². The lowest BCUT2D eigenvalue weighted by Gasteiger charge is -2.33. The summed E-state index contributed by atoms with van der Waals surface area (Å²) >= 11 is 22.2. The van der Waals surface area contributed by atoms with E-state index in [2.05, 4.69) is 11.4 Å². The Balaban J connectivity index is 1.00. The normalized spacial score (nSPS) is 16.6. The predicted octanol–water partition coefficient (Wildman–Crippen LogP) is 9.08. The molecule has 1 aromatic heterocycles. The highest BCUT2D eigenvalue weighted by atomic mass is 35.5. The summed E-state index contributed by atoms with van der Waals surface area (Å²) in [7, 11) is -8.49. The number of unbranched alkanes of at least 4 members (excludes halogenated alkanes) is 1. The van der Waals surface area contributed by atoms with Crippen LogP contribution in [0.1, 0.15) is 44.5 Å². The Labute approximate surface area is 463 Å². The molecule has 0 bridgehead atoms. The van der Waals surface area contributed by atoms with Gasteiger partial charge in [-0.2, -0.15) is 21.4 Å². The molecule has 3 aliphatic heterocycles. The molecular formula is C51H53Cl3N7O11S4+. The molecule has 8 rings (SSSR count). The Hall–Kier alpha value is -5.53. The van der Waals surface area contributed by atoms with E-state index in [-0.39, 0.29) is 68.0 Å². The van der Waals surface area contributed by atoms with E-state index in [0.29, 0.717) is 41.6 Å². The molecule has 18 nitrogen and oxygen atoms in total. The fourth-order valence-corrected chi connectivity index (χ4v) is 12.6. The predicted molar refractivity (Wildman–Crippen MR) is 298 cm³/mol. The number of thiazole rings is 1. The molecule has 5 aromatic rings. The molecule has 0 aliphatic carbocycles. The third-order valence-corrected chi connectivity index (χ3v) is 17.2. The first-order valence-corrected chi connectivity index (χ1v) is 30.1. The number of amides is 5. The minimum absolute atomic E-state index is 0.00353. The maximum Gasteiger partial charge on any atom is 0.334 e. The largest absolute Gasteiger partial charge is 0.352 e. The van der Waals surface area contributed by atoms with E-state index in [1.54, 1.807) is 23.1 Å². The highest BCUT2D eigenvalue weighted by Gasteiger charge is 2.43. The van der Waals surface area contributed by atoms with Crippen LogP contribution in [0.25, 0.3) is 27.4 Å². The van der Waals surface area contributed by atoms with E-state index in [4.69, 9.17) is 39.5 Å². The highest BCUT2D eigenvalue weighted by Crippen LogP contribution is 2.48. The quantitative estimate of drug-likeness (QED) is 0.0194. The summed E-state index contributed by atoms with van der Waals surface area (Å²) in [6, 6.07) is 23.8. The highest BCUT2D eigenvalue weighted by molar-refractivity contribution is 8.04. The topological polar surface area (TPSA) is 218 Å². The number of allylic oxidation sites excluding steroid dienone is 2. The van der Waals surface area contributed by atoms with Crippen molar-refractivity contribution in [2.45, 2.75) is 51.2 Å². The van der Waals surface area contributed by atoms with Crippen LogP contribution in [-0.2, 0) is 46.1 Å². The molecule has 3 N–H and O–H groups in total. The second-order valence-electron chi connectivity index (χ2n) is 17.7. The van der Waals surface area contributed by atoms with Gasteiger partial charge in [0.15, 0.2) is 0 Å². The zero-order chi connectivity index (χ0) is 54.5. The van der Waals surface area contributed by atoms with Crippen molar-refractivity contribution in [3.05, 3.63) is 128 Å². The molecule has 1 fully saturated rings. The van der Waals surface area contributed by atoms with Crippen molar-refractivity contribution in [1.82, 2.24) is 15.1 Å². The van der Waals surface area contributed by atoms with Crippen LogP contribution in [0.5, 0.6) is 0 Å². The first kappa shape index (κ1) is 56.7. The fourth-order valence-electron chi connectivity index (χ4n) is 8.85. The number of imide groups is 2. The molecule has 76 heavy (non-hydrogen) atoms. The molecule has 1 saturated heterocycles. The van der Waals surface area contributed by atoms with Gasteiger partial charge >= 0.3 is 6.03 Å². The van der Waals surface area contributed by atoms with Crippen molar-refractivity contribution in [3.63, 3.8) is 0 Å². The van der Waals surface area contributed by atoms with Gasteiger partial charge in [-0.1, -0.05) is 108 Å². The van der Waals surface area contributed by atoms with Crippen LogP contribution in [0, 0.1) is 0 Å². The standard InChI is InChI=1S/C51H52Cl3N7O11S4/c1-3-5-20-59-49(63)36(15-18-46-56(4-2)39-28-37(53)38(54)29-40(39)57(46)21-9-24-75(66,67)68)50(64)60(51(59)65)31-45(62)55-19-23-72-32-61-41-26-34(33-11-7-6-8-12-33)13-16-43(41)74-48(61)30-47-58(22-10-25-76(69,70)71)42-27-35(52)14-17-44(42)73-47/h6-8,11-18,26-30H,3-5,9-10,19-25,31-32H2,1-2H3,(H2-,55,62,66,67,68,69,70,71)/p+1/b36-15-,46-18+. The molecule has 5 amide bonds. The number of hydrogen-bond donors (Lipinski definition) is 3. The number of carbonyl (C=O) groups is 4. The van der Waals surface area contributed by atoms with Crippen LogP contribution < -0.4 is 24.6 Å². The number of halogens is 3. The van der Waals surface area contributed by atoms with Gasteiger partial charge in [0.25, 0.3) is 43.8 Å². The lowest BCUT2D eigenvalue weighted by atomic mass is 10.1. The zero-order valence-corrected chi connectivity index (χ0v) is 46.7. The number of rotatable bonds is 22. The smallest absolute Gasteiger partial charge is 0.334 e. The number of anilines is 3. The Kier molecular flexibility index (Phi) is 18.2.